The van der Waals surface area contributed by atoms with E-state index >= 15 is 0 Å². The smallest absolute Gasteiger partial charge is 0.405 e. The maximum Gasteiger partial charge on any atom is 0.405 e. The van der Waals surface area contributed by atoms with E-state index in [9.17, 15) is 24.6 Å². The minimum Gasteiger partial charge on any atom is -0.465 e. The second-order valence-corrected chi connectivity index (χ2v) is 13.2. The van der Waals surface area contributed by atoms with Crippen LogP contribution in [0.3, 0.4) is 0 Å². The van der Waals surface area contributed by atoms with Gasteiger partial charge < -0.3 is 25.7 Å². The van der Waals surface area contributed by atoms with Crippen molar-refractivity contribution in [2.45, 2.75) is 95.9 Å². The highest BCUT2D eigenvalue weighted by atomic mass is 16.4. The summed E-state index contributed by atoms with van der Waals surface area (Å²) < 4.78 is 0. The second-order valence-electron chi connectivity index (χ2n) is 13.2. The number of rotatable bonds is 9. The number of carboxylic acid groups (broad SMARTS) is 1. The number of benzene rings is 2. The van der Waals surface area contributed by atoms with Crippen LogP contribution in [0.15, 0.2) is 60.7 Å². The third-order valence-electron chi connectivity index (χ3n) is 9.17. The normalized spacial score (nSPS) is 24.4. The average molecular weight is 614 g/mol. The number of nitrogens with one attached hydrogen (secondary N) is 2. The Morgan fingerprint density at radius 3 is 2.16 bits per heavy atom. The maximum absolute atomic E-state index is 13.1. The van der Waals surface area contributed by atoms with E-state index in [1.807, 2.05) is 79.4 Å². The van der Waals surface area contributed by atoms with Crippen LogP contribution in [0.2, 0.25) is 0 Å². The number of hydrogen-bond acceptors (Lipinski definition) is 6. The predicted molar refractivity (Wildman–Crippen MR) is 172 cm³/mol. The molecule has 1 aromatic heterocycles. The molecule has 10 heteroatoms. The van der Waals surface area contributed by atoms with Crippen LogP contribution in [0.5, 0.6) is 0 Å². The molecule has 2 saturated carbocycles. The molecule has 4 N–H and O–H groups in total. The number of carbonyl (C=O) groups is 3. The van der Waals surface area contributed by atoms with Gasteiger partial charge in [-0.2, -0.15) is 0 Å². The predicted octanol–water partition coefficient (Wildman–Crippen LogP) is 5.96. The largest absolute Gasteiger partial charge is 0.465 e. The summed E-state index contributed by atoms with van der Waals surface area (Å²) in [7, 11) is 0. The summed E-state index contributed by atoms with van der Waals surface area (Å²) in [5.41, 5.74) is 2.12. The lowest BCUT2D eigenvalue weighted by atomic mass is 9.62. The van der Waals surface area contributed by atoms with Gasteiger partial charge in [0.2, 0.25) is 11.8 Å². The fourth-order valence-corrected chi connectivity index (χ4v) is 7.39. The van der Waals surface area contributed by atoms with Crippen LogP contribution in [0.25, 0.3) is 22.4 Å². The van der Waals surface area contributed by atoms with E-state index in [0.717, 1.165) is 47.9 Å². The molecule has 45 heavy (non-hydrogen) atoms. The molecule has 238 valence electrons. The van der Waals surface area contributed by atoms with Crippen LogP contribution < -0.4 is 10.6 Å². The fourth-order valence-electron chi connectivity index (χ4n) is 7.39. The zero-order valence-corrected chi connectivity index (χ0v) is 26.4. The summed E-state index contributed by atoms with van der Waals surface area (Å²) in [6.07, 6.45) is 3.40. The van der Waals surface area contributed by atoms with Crippen LogP contribution in [0, 0.1) is 5.92 Å². The van der Waals surface area contributed by atoms with Gasteiger partial charge in [-0.1, -0.05) is 54.6 Å². The lowest BCUT2D eigenvalue weighted by molar-refractivity contribution is -0.134. The van der Waals surface area contributed by atoms with Gasteiger partial charge in [-0.05, 0) is 69.6 Å². The number of hydrogen-bond donors (Lipinski definition) is 4. The summed E-state index contributed by atoms with van der Waals surface area (Å²) >= 11 is 0. The van der Waals surface area contributed by atoms with Crippen LogP contribution >= 0.6 is 0 Å². The lowest BCUT2D eigenvalue weighted by Gasteiger charge is -2.51. The summed E-state index contributed by atoms with van der Waals surface area (Å²) in [5.74, 6) is 0.616. The van der Waals surface area contributed by atoms with Gasteiger partial charge >= 0.3 is 6.09 Å². The summed E-state index contributed by atoms with van der Waals surface area (Å²) in [6, 6.07) is 19.5. The minimum absolute atomic E-state index is 0.102. The van der Waals surface area contributed by atoms with Crippen molar-refractivity contribution >= 4 is 23.7 Å². The molecule has 0 aliphatic heterocycles. The maximum atomic E-state index is 13.1. The molecule has 1 heterocycles. The number of nitrogens with zero attached hydrogens (tertiary/aromatic N) is 3. The number of aromatic nitrogens is 2. The van der Waals surface area contributed by atoms with Crippen molar-refractivity contribution in [3.8, 4) is 22.4 Å². The quantitative estimate of drug-likeness (QED) is 0.233. The number of amides is 3. The van der Waals surface area contributed by atoms with Crippen LogP contribution in [-0.2, 0) is 15.1 Å². The Labute approximate surface area is 264 Å². The molecule has 3 aromatic rings. The minimum atomic E-state index is -1.14. The van der Waals surface area contributed by atoms with E-state index in [0.29, 0.717) is 17.9 Å². The third-order valence-corrected chi connectivity index (χ3v) is 9.17. The molecule has 0 atom stereocenters. The first kappa shape index (κ1) is 32.1. The fraction of sp³-hybridized carbons (Fsp3) is 0.457. The van der Waals surface area contributed by atoms with Gasteiger partial charge in [0.15, 0.2) is 5.82 Å². The van der Waals surface area contributed by atoms with E-state index in [2.05, 4.69) is 20.8 Å². The molecular weight excluding hydrogens is 570 g/mol. The number of carbonyl (C=O) groups excluding carboxylic acids is 2. The Morgan fingerprint density at radius 1 is 0.956 bits per heavy atom. The van der Waals surface area contributed by atoms with Crippen molar-refractivity contribution in [1.82, 2.24) is 20.4 Å². The van der Waals surface area contributed by atoms with E-state index in [-0.39, 0.29) is 42.7 Å². The SMILES string of the molecule is CC(=O)N(C(C)C)[C@H]1CC[C@H](CC(=O)Nc2cc(-c3ccccc3)c(-c3ccc([C@]4(NC(=O)O)C[C@@](C)(O)C4)cc3)nn2)CC1. The molecule has 10 nitrogen and oxygen atoms in total. The molecule has 2 aliphatic carbocycles. The molecule has 0 spiro atoms. The topological polar surface area (TPSA) is 145 Å². The molecule has 2 aromatic carbocycles. The molecule has 2 aliphatic rings. The van der Waals surface area contributed by atoms with Crippen molar-refractivity contribution in [3.63, 3.8) is 0 Å². The van der Waals surface area contributed by atoms with Crippen molar-refractivity contribution in [3.05, 3.63) is 66.2 Å². The van der Waals surface area contributed by atoms with Crippen molar-refractivity contribution in [2.24, 2.45) is 5.92 Å². The standard InChI is InChI=1S/C35H43N5O5/c1-22(2)40(23(3)41)28-16-10-24(11-17-28)18-31(42)36-30-19-29(25-8-6-5-7-9-25)32(39-38-30)26-12-14-27(15-13-26)35(37-33(43)44)20-34(4,45)21-35/h5-9,12-15,19,22,24,28,37,45H,10-11,16-18,20-21H2,1-4H3,(H,43,44)(H,36,38,42)/t24-,28-,34-,35+. The molecule has 5 rings (SSSR count). The highest BCUT2D eigenvalue weighted by Crippen LogP contribution is 2.48. The van der Waals surface area contributed by atoms with Gasteiger partial charge in [0.05, 0.1) is 11.1 Å². The Morgan fingerprint density at radius 2 is 1.60 bits per heavy atom. The molecule has 0 unspecified atom stereocenters. The van der Waals surface area contributed by atoms with Gasteiger partial charge in [-0.3, -0.25) is 9.59 Å². The molecular formula is C35H43N5O5. The average Bonchev–Trinajstić information content (AvgIpc) is 2.97. The van der Waals surface area contributed by atoms with E-state index in [1.165, 1.54) is 0 Å². The molecule has 3 amide bonds. The Bertz CT molecular complexity index is 1520. The van der Waals surface area contributed by atoms with E-state index in [1.54, 1.807) is 13.8 Å². The van der Waals surface area contributed by atoms with Crippen molar-refractivity contribution in [2.75, 3.05) is 5.32 Å². The second kappa shape index (κ2) is 13.0. The number of aliphatic hydroxyl groups is 1. The van der Waals surface area contributed by atoms with Crippen LogP contribution in [0.1, 0.15) is 78.2 Å². The third kappa shape index (κ3) is 7.33. The van der Waals surface area contributed by atoms with Gasteiger partial charge in [0.1, 0.15) is 5.69 Å². The van der Waals surface area contributed by atoms with E-state index in [4.69, 9.17) is 0 Å². The molecule has 0 saturated heterocycles. The monoisotopic (exact) mass is 613 g/mol. The van der Waals surface area contributed by atoms with Crippen molar-refractivity contribution < 1.29 is 24.6 Å². The van der Waals surface area contributed by atoms with Gasteiger partial charge in [0.25, 0.3) is 0 Å². The van der Waals surface area contributed by atoms with Crippen LogP contribution in [0.4, 0.5) is 10.6 Å². The summed E-state index contributed by atoms with van der Waals surface area (Å²) in [5, 5.41) is 34.3. The first-order valence-electron chi connectivity index (χ1n) is 15.7. The van der Waals surface area contributed by atoms with Crippen LogP contribution in [-0.4, -0.2) is 60.9 Å². The van der Waals surface area contributed by atoms with Gasteiger partial charge in [0, 0.05) is 49.4 Å². The Balaban J connectivity index is 1.31. The highest BCUT2D eigenvalue weighted by Gasteiger charge is 2.53. The van der Waals surface area contributed by atoms with E-state index < -0.39 is 17.2 Å². The van der Waals surface area contributed by atoms with Crippen molar-refractivity contribution in [1.29, 1.82) is 0 Å². The Kier molecular flexibility index (Phi) is 9.25. The molecule has 2 fully saturated rings. The lowest BCUT2D eigenvalue weighted by Crippen LogP contribution is -2.61. The first-order valence-corrected chi connectivity index (χ1v) is 15.7. The Hall–Kier alpha value is -4.31. The zero-order chi connectivity index (χ0) is 32.4. The summed E-state index contributed by atoms with van der Waals surface area (Å²) in [4.78, 5) is 38.7. The molecule has 0 bridgehead atoms. The number of anilines is 1. The molecule has 0 radical (unpaired) electrons. The first-order chi connectivity index (χ1) is 21.4. The van der Waals surface area contributed by atoms with Gasteiger partial charge in [-0.15, -0.1) is 10.2 Å². The highest BCUT2D eigenvalue weighted by molar-refractivity contribution is 5.91. The van der Waals surface area contributed by atoms with Gasteiger partial charge in [-0.25, -0.2) is 4.79 Å². The summed E-state index contributed by atoms with van der Waals surface area (Å²) in [6.45, 7) is 7.42. The zero-order valence-electron chi connectivity index (χ0n) is 26.4.